The third-order valence-electron chi connectivity index (χ3n) is 2.54. The molecule has 0 aliphatic rings. The zero-order valence-corrected chi connectivity index (χ0v) is 12.2. The van der Waals surface area contributed by atoms with E-state index < -0.39 is 5.82 Å². The number of hydrogen-bond acceptors (Lipinski definition) is 3. The minimum absolute atomic E-state index is 0.123. The zero-order valence-electron chi connectivity index (χ0n) is 10.6. The van der Waals surface area contributed by atoms with Crippen molar-refractivity contribution < 1.29 is 9.13 Å². The van der Waals surface area contributed by atoms with E-state index in [1.54, 1.807) is 23.5 Å². The van der Waals surface area contributed by atoms with Crippen molar-refractivity contribution in [1.29, 1.82) is 0 Å². The Kier molecular flexibility index (Phi) is 5.19. The fourth-order valence-electron chi connectivity index (χ4n) is 1.64. The van der Waals surface area contributed by atoms with Gasteiger partial charge in [0.2, 0.25) is 0 Å². The molecule has 1 N–H and O–H groups in total. The summed E-state index contributed by atoms with van der Waals surface area (Å²) in [7, 11) is 0. The smallest absolute Gasteiger partial charge is 0.173 e. The minimum atomic E-state index is -0.429. The molecule has 2 nitrogen and oxygen atoms in total. The molecule has 0 fully saturated rings. The molecule has 0 radical (unpaired) electrons. The highest BCUT2D eigenvalue weighted by Crippen LogP contribution is 2.26. The van der Waals surface area contributed by atoms with Crippen LogP contribution in [0.1, 0.15) is 9.75 Å². The van der Waals surface area contributed by atoms with Crippen LogP contribution < -0.4 is 10.1 Å². The largest absolute Gasteiger partial charge is 0.488 e. The van der Waals surface area contributed by atoms with Gasteiger partial charge in [0.25, 0.3) is 0 Å². The maximum Gasteiger partial charge on any atom is 0.173 e. The van der Waals surface area contributed by atoms with Crippen LogP contribution in [-0.2, 0) is 6.54 Å². The van der Waals surface area contributed by atoms with Crippen LogP contribution in [0.15, 0.2) is 30.3 Å². The van der Waals surface area contributed by atoms with Gasteiger partial charge in [-0.25, -0.2) is 4.39 Å². The summed E-state index contributed by atoms with van der Waals surface area (Å²) >= 11 is 7.62. The molecule has 0 saturated carbocycles. The van der Waals surface area contributed by atoms with Crippen LogP contribution in [0.2, 0.25) is 5.02 Å². The van der Waals surface area contributed by atoms with Crippen molar-refractivity contribution in [3.8, 4) is 5.75 Å². The van der Waals surface area contributed by atoms with Crippen molar-refractivity contribution in [2.24, 2.45) is 0 Å². The fourth-order valence-corrected chi connectivity index (χ4v) is 2.71. The molecular formula is C14H15ClFNOS. The molecule has 1 aromatic carbocycles. The Morgan fingerprint density at radius 2 is 2.16 bits per heavy atom. The van der Waals surface area contributed by atoms with Gasteiger partial charge in [-0.3, -0.25) is 0 Å². The molecule has 102 valence electrons. The summed E-state index contributed by atoms with van der Waals surface area (Å²) in [5, 5.41) is 3.54. The Balaban J connectivity index is 1.72. The van der Waals surface area contributed by atoms with Gasteiger partial charge in [-0.15, -0.1) is 11.3 Å². The van der Waals surface area contributed by atoms with Gasteiger partial charge in [0, 0.05) is 22.8 Å². The van der Waals surface area contributed by atoms with E-state index in [0.29, 0.717) is 18.2 Å². The summed E-state index contributed by atoms with van der Waals surface area (Å²) in [5.74, 6) is -0.306. The molecule has 19 heavy (non-hydrogen) atoms. The van der Waals surface area contributed by atoms with Crippen molar-refractivity contribution in [2.75, 3.05) is 13.2 Å². The van der Waals surface area contributed by atoms with Crippen LogP contribution in [0.4, 0.5) is 4.39 Å². The maximum absolute atomic E-state index is 13.4. The van der Waals surface area contributed by atoms with Gasteiger partial charge in [0.15, 0.2) is 11.6 Å². The van der Waals surface area contributed by atoms with E-state index >= 15 is 0 Å². The summed E-state index contributed by atoms with van der Waals surface area (Å²) in [6, 6.07) is 8.70. The van der Waals surface area contributed by atoms with E-state index in [9.17, 15) is 4.39 Å². The number of aryl methyl sites for hydroxylation is 1. The molecule has 0 saturated heterocycles. The molecule has 0 atom stereocenters. The minimum Gasteiger partial charge on any atom is -0.488 e. The van der Waals surface area contributed by atoms with Crippen LogP contribution in [0, 0.1) is 12.7 Å². The second-order valence-electron chi connectivity index (χ2n) is 4.09. The molecule has 0 aliphatic carbocycles. The second-order valence-corrected chi connectivity index (χ2v) is 5.87. The number of hydrogen-bond donors (Lipinski definition) is 1. The SMILES string of the molecule is Cc1ccc(CNCCOc2c(F)cccc2Cl)s1. The van der Waals surface area contributed by atoms with Gasteiger partial charge in [-0.05, 0) is 31.2 Å². The van der Waals surface area contributed by atoms with E-state index in [2.05, 4.69) is 24.4 Å². The molecular weight excluding hydrogens is 285 g/mol. The Bertz CT molecular complexity index is 524. The summed E-state index contributed by atoms with van der Waals surface area (Å²) in [6.45, 7) is 3.90. The summed E-state index contributed by atoms with van der Waals surface area (Å²) in [6.07, 6.45) is 0. The third kappa shape index (κ3) is 4.20. The molecule has 5 heteroatoms. The zero-order chi connectivity index (χ0) is 13.7. The quantitative estimate of drug-likeness (QED) is 0.814. The maximum atomic E-state index is 13.4. The van der Waals surface area contributed by atoms with Gasteiger partial charge in [-0.2, -0.15) is 0 Å². The fraction of sp³-hybridized carbons (Fsp3) is 0.286. The van der Waals surface area contributed by atoms with Gasteiger partial charge < -0.3 is 10.1 Å². The standard InChI is InChI=1S/C14H15ClFNOS/c1-10-5-6-11(19-10)9-17-7-8-18-14-12(15)3-2-4-13(14)16/h2-6,17H,7-9H2,1H3. The number of benzene rings is 1. The molecule has 0 spiro atoms. The van der Waals surface area contributed by atoms with Crippen LogP contribution in [0.3, 0.4) is 0 Å². The first kappa shape index (κ1) is 14.3. The average Bonchev–Trinajstić information content (AvgIpc) is 2.78. The number of ether oxygens (including phenoxy) is 1. The van der Waals surface area contributed by atoms with Gasteiger partial charge in [0.05, 0.1) is 5.02 Å². The van der Waals surface area contributed by atoms with Gasteiger partial charge in [-0.1, -0.05) is 17.7 Å². The third-order valence-corrected chi connectivity index (χ3v) is 3.84. The molecule has 0 unspecified atom stereocenters. The lowest BCUT2D eigenvalue weighted by atomic mass is 10.3. The lowest BCUT2D eigenvalue weighted by Gasteiger charge is -2.09. The lowest BCUT2D eigenvalue weighted by molar-refractivity contribution is 0.299. The Morgan fingerprint density at radius 3 is 2.84 bits per heavy atom. The molecule has 1 heterocycles. The first-order valence-corrected chi connectivity index (χ1v) is 7.19. The first-order chi connectivity index (χ1) is 9.16. The monoisotopic (exact) mass is 299 g/mol. The van der Waals surface area contributed by atoms with Gasteiger partial charge in [0.1, 0.15) is 6.61 Å². The lowest BCUT2D eigenvalue weighted by Crippen LogP contribution is -2.20. The Labute approximate surface area is 121 Å². The summed E-state index contributed by atoms with van der Waals surface area (Å²) in [5.41, 5.74) is 0. The number of halogens is 2. The van der Waals surface area contributed by atoms with E-state index in [1.807, 2.05) is 0 Å². The van der Waals surface area contributed by atoms with Crippen LogP contribution >= 0.6 is 22.9 Å². The highest BCUT2D eigenvalue weighted by molar-refractivity contribution is 7.11. The van der Waals surface area contributed by atoms with E-state index in [-0.39, 0.29) is 5.75 Å². The van der Waals surface area contributed by atoms with Crippen molar-refractivity contribution >= 4 is 22.9 Å². The molecule has 2 aromatic rings. The van der Waals surface area contributed by atoms with E-state index in [4.69, 9.17) is 16.3 Å². The summed E-state index contributed by atoms with van der Waals surface area (Å²) < 4.78 is 18.7. The molecule has 0 amide bonds. The highest BCUT2D eigenvalue weighted by Gasteiger charge is 2.07. The number of thiophene rings is 1. The molecule has 1 aromatic heterocycles. The van der Waals surface area contributed by atoms with Crippen molar-refractivity contribution in [2.45, 2.75) is 13.5 Å². The van der Waals surface area contributed by atoms with Crippen LogP contribution in [0.25, 0.3) is 0 Å². The number of rotatable bonds is 6. The Morgan fingerprint density at radius 1 is 1.32 bits per heavy atom. The van der Waals surface area contributed by atoms with Crippen molar-refractivity contribution in [3.05, 3.63) is 50.9 Å². The molecule has 0 bridgehead atoms. The van der Waals surface area contributed by atoms with Crippen molar-refractivity contribution in [1.82, 2.24) is 5.32 Å². The predicted molar refractivity (Wildman–Crippen MR) is 77.7 cm³/mol. The predicted octanol–water partition coefficient (Wildman–Crippen LogP) is 4.02. The van der Waals surface area contributed by atoms with Crippen LogP contribution in [-0.4, -0.2) is 13.2 Å². The summed E-state index contributed by atoms with van der Waals surface area (Å²) in [4.78, 5) is 2.58. The molecule has 0 aliphatic heterocycles. The number of para-hydroxylation sites is 1. The topological polar surface area (TPSA) is 21.3 Å². The van der Waals surface area contributed by atoms with Gasteiger partial charge >= 0.3 is 0 Å². The first-order valence-electron chi connectivity index (χ1n) is 5.99. The average molecular weight is 300 g/mol. The van der Waals surface area contributed by atoms with Crippen molar-refractivity contribution in [3.63, 3.8) is 0 Å². The second kappa shape index (κ2) is 6.89. The van der Waals surface area contributed by atoms with E-state index in [0.717, 1.165) is 6.54 Å². The number of nitrogens with one attached hydrogen (secondary N) is 1. The normalized spacial score (nSPS) is 10.7. The van der Waals surface area contributed by atoms with Crippen LogP contribution in [0.5, 0.6) is 5.75 Å². The van der Waals surface area contributed by atoms with E-state index in [1.165, 1.54) is 15.8 Å². The Hall–Kier alpha value is -1.10. The molecule has 2 rings (SSSR count). The highest BCUT2D eigenvalue weighted by atomic mass is 35.5.